The highest BCUT2D eigenvalue weighted by molar-refractivity contribution is 5.32. The molecule has 3 rings (SSSR count). The number of hydrogen-bond acceptors (Lipinski definition) is 3. The number of fused-ring (bicyclic) bond motifs is 1. The molecule has 2 aromatic carbocycles. The molecule has 3 heteroatoms. The van der Waals surface area contributed by atoms with Crippen LogP contribution < -0.4 is 10.5 Å². The van der Waals surface area contributed by atoms with Crippen LogP contribution in [-0.2, 0) is 11.2 Å². The zero-order chi connectivity index (χ0) is 14.7. The van der Waals surface area contributed by atoms with Crippen LogP contribution in [0, 0.1) is 0 Å². The molecule has 0 spiro atoms. The van der Waals surface area contributed by atoms with Crippen molar-refractivity contribution >= 4 is 0 Å². The molecule has 110 valence electrons. The maximum atomic E-state index is 5.87. The van der Waals surface area contributed by atoms with Gasteiger partial charge in [-0.15, -0.1) is 0 Å². The summed E-state index contributed by atoms with van der Waals surface area (Å²) in [4.78, 5) is 0. The summed E-state index contributed by atoms with van der Waals surface area (Å²) in [5.74, 6) is 0.853. The summed E-state index contributed by atoms with van der Waals surface area (Å²) in [6.07, 6.45) is 0.999. The van der Waals surface area contributed by atoms with E-state index in [9.17, 15) is 0 Å². The van der Waals surface area contributed by atoms with E-state index in [-0.39, 0.29) is 12.1 Å². The Morgan fingerprint density at radius 2 is 1.95 bits per heavy atom. The Morgan fingerprint density at radius 3 is 2.71 bits per heavy atom. The zero-order valence-electron chi connectivity index (χ0n) is 12.3. The lowest BCUT2D eigenvalue weighted by atomic mass is 9.98. The molecule has 21 heavy (non-hydrogen) atoms. The third-order valence-corrected chi connectivity index (χ3v) is 3.90. The van der Waals surface area contributed by atoms with Crippen LogP contribution in [0.2, 0.25) is 0 Å². The van der Waals surface area contributed by atoms with Crippen molar-refractivity contribution in [3.8, 4) is 5.75 Å². The quantitative estimate of drug-likeness (QED) is 0.935. The molecule has 0 saturated carbocycles. The molecule has 0 bridgehead atoms. The van der Waals surface area contributed by atoms with Crippen molar-refractivity contribution in [1.29, 1.82) is 0 Å². The molecule has 1 aliphatic heterocycles. The van der Waals surface area contributed by atoms with Gasteiger partial charge in [-0.25, -0.2) is 0 Å². The van der Waals surface area contributed by atoms with Crippen LogP contribution in [0.3, 0.4) is 0 Å². The van der Waals surface area contributed by atoms with E-state index < -0.39 is 0 Å². The first kappa shape index (κ1) is 14.1. The Morgan fingerprint density at radius 1 is 1.19 bits per heavy atom. The Kier molecular flexibility index (Phi) is 4.23. The molecule has 0 fully saturated rings. The molecule has 0 amide bonds. The average molecular weight is 283 g/mol. The highest BCUT2D eigenvalue weighted by Crippen LogP contribution is 2.27. The molecule has 0 saturated heterocycles. The van der Waals surface area contributed by atoms with E-state index >= 15 is 0 Å². The second kappa shape index (κ2) is 6.29. The maximum Gasteiger partial charge on any atom is 0.119 e. The summed E-state index contributed by atoms with van der Waals surface area (Å²) in [5.41, 5.74) is 9.57. The van der Waals surface area contributed by atoms with Crippen molar-refractivity contribution in [1.82, 2.24) is 0 Å². The van der Waals surface area contributed by atoms with Gasteiger partial charge in [0, 0.05) is 6.04 Å². The number of rotatable bonds is 4. The molecule has 0 radical (unpaired) electrons. The first-order valence-electron chi connectivity index (χ1n) is 7.42. The SMILES string of the molecule is C[C@@H](N)c1ccc(OCC2OCCc3ccccc32)cc1. The van der Waals surface area contributed by atoms with Gasteiger partial charge in [0.05, 0.1) is 6.61 Å². The fraction of sp³-hybridized carbons (Fsp3) is 0.333. The smallest absolute Gasteiger partial charge is 0.119 e. The molecular formula is C18H21NO2. The van der Waals surface area contributed by atoms with Crippen molar-refractivity contribution in [3.05, 3.63) is 65.2 Å². The maximum absolute atomic E-state index is 5.87. The van der Waals surface area contributed by atoms with Gasteiger partial charge in [-0.3, -0.25) is 0 Å². The lowest BCUT2D eigenvalue weighted by molar-refractivity contribution is 0.0102. The monoisotopic (exact) mass is 283 g/mol. The minimum atomic E-state index is 0.0167. The molecule has 1 heterocycles. The van der Waals surface area contributed by atoms with Crippen molar-refractivity contribution in [2.24, 2.45) is 5.73 Å². The highest BCUT2D eigenvalue weighted by atomic mass is 16.5. The molecule has 0 aromatic heterocycles. The minimum absolute atomic E-state index is 0.0167. The predicted molar refractivity (Wildman–Crippen MR) is 83.4 cm³/mol. The molecule has 1 aliphatic rings. The van der Waals surface area contributed by atoms with Crippen LogP contribution in [0.15, 0.2) is 48.5 Å². The molecule has 2 atom stereocenters. The van der Waals surface area contributed by atoms with E-state index in [1.165, 1.54) is 11.1 Å². The second-order valence-electron chi connectivity index (χ2n) is 5.48. The van der Waals surface area contributed by atoms with Gasteiger partial charge >= 0.3 is 0 Å². The fourth-order valence-electron chi connectivity index (χ4n) is 2.65. The predicted octanol–water partition coefficient (Wildman–Crippen LogP) is 3.40. The van der Waals surface area contributed by atoms with E-state index in [2.05, 4.69) is 24.3 Å². The normalized spacial score (nSPS) is 18.9. The number of ether oxygens (including phenoxy) is 2. The summed E-state index contributed by atoms with van der Waals surface area (Å²) >= 11 is 0. The Labute approximate surface area is 125 Å². The highest BCUT2D eigenvalue weighted by Gasteiger charge is 2.20. The van der Waals surface area contributed by atoms with Crippen LogP contribution in [0.4, 0.5) is 0 Å². The first-order chi connectivity index (χ1) is 10.2. The van der Waals surface area contributed by atoms with Crippen molar-refractivity contribution < 1.29 is 9.47 Å². The van der Waals surface area contributed by atoms with Crippen LogP contribution in [-0.4, -0.2) is 13.2 Å². The van der Waals surface area contributed by atoms with Gasteiger partial charge in [0.25, 0.3) is 0 Å². The van der Waals surface area contributed by atoms with Crippen molar-refractivity contribution in [3.63, 3.8) is 0 Å². The standard InChI is InChI=1S/C18H21NO2/c1-13(19)14-6-8-16(9-7-14)21-12-18-17-5-3-2-4-15(17)10-11-20-18/h2-9,13,18H,10-12,19H2,1H3/t13-,18?/m1/s1. The van der Waals surface area contributed by atoms with Crippen LogP contribution in [0.5, 0.6) is 5.75 Å². The van der Waals surface area contributed by atoms with Gasteiger partial charge in [-0.05, 0) is 42.2 Å². The molecule has 2 N–H and O–H groups in total. The number of nitrogens with two attached hydrogens (primary N) is 1. The van der Waals surface area contributed by atoms with Gasteiger partial charge < -0.3 is 15.2 Å². The molecule has 2 aromatic rings. The van der Waals surface area contributed by atoms with Gasteiger partial charge in [-0.1, -0.05) is 36.4 Å². The first-order valence-corrected chi connectivity index (χ1v) is 7.42. The fourth-order valence-corrected chi connectivity index (χ4v) is 2.65. The van der Waals surface area contributed by atoms with Crippen LogP contribution in [0.1, 0.15) is 35.8 Å². The third kappa shape index (κ3) is 3.26. The Bertz CT molecular complexity index is 592. The Balaban J connectivity index is 1.66. The molecular weight excluding hydrogens is 262 g/mol. The van der Waals surface area contributed by atoms with E-state index in [0.717, 1.165) is 24.3 Å². The summed E-state index contributed by atoms with van der Waals surface area (Å²) < 4.78 is 11.7. The van der Waals surface area contributed by atoms with Crippen molar-refractivity contribution in [2.75, 3.05) is 13.2 Å². The van der Waals surface area contributed by atoms with Gasteiger partial charge in [0.2, 0.25) is 0 Å². The summed E-state index contributed by atoms with van der Waals surface area (Å²) in [7, 11) is 0. The topological polar surface area (TPSA) is 44.5 Å². The summed E-state index contributed by atoms with van der Waals surface area (Å²) in [6.45, 7) is 3.27. The zero-order valence-corrected chi connectivity index (χ0v) is 12.3. The van der Waals surface area contributed by atoms with Crippen LogP contribution >= 0.6 is 0 Å². The number of hydrogen-bond donors (Lipinski definition) is 1. The van der Waals surface area contributed by atoms with E-state index in [1.54, 1.807) is 0 Å². The largest absolute Gasteiger partial charge is 0.491 e. The average Bonchev–Trinajstić information content (AvgIpc) is 2.53. The minimum Gasteiger partial charge on any atom is -0.491 e. The molecule has 1 unspecified atom stereocenters. The lowest BCUT2D eigenvalue weighted by Crippen LogP contribution is -2.21. The Hall–Kier alpha value is -1.84. The van der Waals surface area contributed by atoms with Gasteiger partial charge in [-0.2, -0.15) is 0 Å². The second-order valence-corrected chi connectivity index (χ2v) is 5.48. The lowest BCUT2D eigenvalue weighted by Gasteiger charge is -2.26. The third-order valence-electron chi connectivity index (χ3n) is 3.90. The summed E-state index contributed by atoms with van der Waals surface area (Å²) in [5, 5.41) is 0. The van der Waals surface area contributed by atoms with E-state index in [1.807, 2.05) is 31.2 Å². The molecule has 3 nitrogen and oxygen atoms in total. The molecule has 0 aliphatic carbocycles. The van der Waals surface area contributed by atoms with E-state index in [0.29, 0.717) is 6.61 Å². The summed E-state index contributed by atoms with van der Waals surface area (Å²) in [6, 6.07) is 16.4. The van der Waals surface area contributed by atoms with E-state index in [4.69, 9.17) is 15.2 Å². The number of benzene rings is 2. The van der Waals surface area contributed by atoms with Gasteiger partial charge in [0.1, 0.15) is 18.5 Å². The van der Waals surface area contributed by atoms with Crippen LogP contribution in [0.25, 0.3) is 0 Å². The van der Waals surface area contributed by atoms with Crippen molar-refractivity contribution in [2.45, 2.75) is 25.5 Å². The van der Waals surface area contributed by atoms with Gasteiger partial charge in [0.15, 0.2) is 0 Å².